The number of amides is 3. The highest BCUT2D eigenvalue weighted by atomic mass is 32.1. The molecule has 1 atom stereocenters. The van der Waals surface area contributed by atoms with Crippen molar-refractivity contribution in [1.82, 2.24) is 20.5 Å². The van der Waals surface area contributed by atoms with E-state index in [0.717, 1.165) is 31.1 Å². The lowest BCUT2D eigenvalue weighted by Crippen LogP contribution is -2.55. The van der Waals surface area contributed by atoms with Gasteiger partial charge in [-0.3, -0.25) is 14.6 Å². The maximum Gasteiger partial charge on any atom is 0.323 e. The second kappa shape index (κ2) is 9.22. The summed E-state index contributed by atoms with van der Waals surface area (Å²) in [7, 11) is 0. The summed E-state index contributed by atoms with van der Waals surface area (Å²) in [5.74, 6) is 0.751. The van der Waals surface area contributed by atoms with Gasteiger partial charge in [-0.05, 0) is 45.6 Å². The summed E-state index contributed by atoms with van der Waals surface area (Å²) in [4.78, 5) is 33.0. The summed E-state index contributed by atoms with van der Waals surface area (Å²) < 4.78 is 0. The van der Waals surface area contributed by atoms with Crippen LogP contribution in [0.25, 0.3) is 0 Å². The highest BCUT2D eigenvalue weighted by Crippen LogP contribution is 2.26. The number of urea groups is 1. The van der Waals surface area contributed by atoms with Crippen molar-refractivity contribution in [3.8, 4) is 0 Å². The summed E-state index contributed by atoms with van der Waals surface area (Å²) in [5.41, 5.74) is 0.667. The second-order valence-electron chi connectivity index (χ2n) is 8.49. The maximum atomic E-state index is 12.5. The van der Waals surface area contributed by atoms with E-state index in [-0.39, 0.29) is 23.9 Å². The lowest BCUT2D eigenvalue weighted by Gasteiger charge is -2.43. The Morgan fingerprint density at radius 2 is 2.21 bits per heavy atom. The average molecular weight is 408 g/mol. The Balaban J connectivity index is 1.49. The molecule has 1 aromatic rings. The van der Waals surface area contributed by atoms with Gasteiger partial charge in [0.15, 0.2) is 5.13 Å². The first-order chi connectivity index (χ1) is 13.4. The summed E-state index contributed by atoms with van der Waals surface area (Å²) in [6.07, 6.45) is 4.93. The van der Waals surface area contributed by atoms with E-state index in [9.17, 15) is 9.59 Å². The summed E-state index contributed by atoms with van der Waals surface area (Å²) in [6.45, 7) is 10.9. The zero-order chi connectivity index (χ0) is 20.1. The van der Waals surface area contributed by atoms with Gasteiger partial charge >= 0.3 is 6.03 Å². The Labute approximate surface area is 171 Å². The molecule has 2 fully saturated rings. The predicted molar refractivity (Wildman–Crippen MR) is 113 cm³/mol. The number of thiazole rings is 1. The van der Waals surface area contributed by atoms with Crippen LogP contribution in [0.5, 0.6) is 0 Å². The van der Waals surface area contributed by atoms with Gasteiger partial charge in [-0.15, -0.1) is 11.3 Å². The van der Waals surface area contributed by atoms with Crippen LogP contribution in [0.2, 0.25) is 0 Å². The van der Waals surface area contributed by atoms with Crippen molar-refractivity contribution in [2.45, 2.75) is 58.4 Å². The van der Waals surface area contributed by atoms with Crippen LogP contribution in [-0.4, -0.2) is 60.1 Å². The molecule has 2 N–H and O–H groups in total. The molecule has 1 aromatic heterocycles. The van der Waals surface area contributed by atoms with Gasteiger partial charge in [-0.25, -0.2) is 9.78 Å². The SMILES string of the molecule is CCC1CCCN(C(C)(C)CNC(=O)Cc2csc(N3CCCNC3=O)n2)C1. The molecule has 2 aliphatic heterocycles. The van der Waals surface area contributed by atoms with E-state index in [2.05, 4.69) is 41.3 Å². The fourth-order valence-corrected chi connectivity index (χ4v) is 4.76. The molecule has 0 spiro atoms. The molecular weight excluding hydrogens is 374 g/mol. The molecule has 156 valence electrons. The number of aromatic nitrogens is 1. The Hall–Kier alpha value is -1.67. The number of piperidine rings is 1. The molecular formula is C20H33N5O2S. The molecule has 0 aliphatic carbocycles. The number of hydrogen-bond acceptors (Lipinski definition) is 5. The zero-order valence-corrected chi connectivity index (χ0v) is 18.1. The molecule has 8 heteroatoms. The topological polar surface area (TPSA) is 77.6 Å². The van der Waals surface area contributed by atoms with Crippen LogP contribution in [-0.2, 0) is 11.2 Å². The molecule has 3 rings (SSSR count). The monoisotopic (exact) mass is 407 g/mol. The van der Waals surface area contributed by atoms with Crippen molar-refractivity contribution in [3.05, 3.63) is 11.1 Å². The van der Waals surface area contributed by atoms with E-state index < -0.39 is 0 Å². The molecule has 2 saturated heterocycles. The van der Waals surface area contributed by atoms with Crippen molar-refractivity contribution in [3.63, 3.8) is 0 Å². The molecule has 2 aliphatic rings. The van der Waals surface area contributed by atoms with Gasteiger partial charge in [-0.2, -0.15) is 0 Å². The average Bonchev–Trinajstić information content (AvgIpc) is 3.15. The number of nitrogens with one attached hydrogen (secondary N) is 2. The number of rotatable bonds is 7. The standard InChI is InChI=1S/C20H33N5O2S/c1-4-15-7-5-9-24(12-15)20(2,3)14-22-17(26)11-16-13-28-19(23-16)25-10-6-8-21-18(25)27/h13,15H,4-12,14H2,1-3H3,(H,21,27)(H,22,26). The molecule has 0 bridgehead atoms. The first-order valence-corrected chi connectivity index (χ1v) is 11.3. The van der Waals surface area contributed by atoms with Crippen molar-refractivity contribution >= 4 is 28.4 Å². The van der Waals surface area contributed by atoms with E-state index >= 15 is 0 Å². The van der Waals surface area contributed by atoms with Crippen LogP contribution in [0.3, 0.4) is 0 Å². The quantitative estimate of drug-likeness (QED) is 0.728. The van der Waals surface area contributed by atoms with Gasteiger partial charge in [-0.1, -0.05) is 13.3 Å². The third-order valence-corrected chi connectivity index (χ3v) is 6.78. The molecule has 1 unspecified atom stereocenters. The van der Waals surface area contributed by atoms with Crippen LogP contribution in [0.15, 0.2) is 5.38 Å². The molecule has 0 radical (unpaired) electrons. The van der Waals surface area contributed by atoms with Gasteiger partial charge in [0.1, 0.15) is 0 Å². The van der Waals surface area contributed by atoms with Gasteiger partial charge in [0, 0.05) is 37.1 Å². The van der Waals surface area contributed by atoms with E-state index in [4.69, 9.17) is 0 Å². The minimum atomic E-state index is -0.106. The lowest BCUT2D eigenvalue weighted by molar-refractivity contribution is -0.121. The normalized spacial score (nSPS) is 21.5. The Bertz CT molecular complexity index is 690. The third kappa shape index (κ3) is 5.23. The first-order valence-electron chi connectivity index (χ1n) is 10.4. The molecule has 3 amide bonds. The maximum absolute atomic E-state index is 12.5. The van der Waals surface area contributed by atoms with Crippen LogP contribution < -0.4 is 15.5 Å². The minimum absolute atomic E-state index is 0.0166. The molecule has 7 nitrogen and oxygen atoms in total. The van der Waals surface area contributed by atoms with E-state index in [1.165, 1.54) is 30.6 Å². The number of likely N-dealkylation sites (tertiary alicyclic amines) is 1. The summed E-state index contributed by atoms with van der Waals surface area (Å²) >= 11 is 1.42. The minimum Gasteiger partial charge on any atom is -0.354 e. The van der Waals surface area contributed by atoms with Crippen molar-refractivity contribution in [2.75, 3.05) is 37.6 Å². The Morgan fingerprint density at radius 1 is 1.39 bits per heavy atom. The number of hydrogen-bond donors (Lipinski definition) is 2. The van der Waals surface area contributed by atoms with Crippen LogP contribution in [0.4, 0.5) is 9.93 Å². The largest absolute Gasteiger partial charge is 0.354 e. The number of anilines is 1. The smallest absolute Gasteiger partial charge is 0.323 e. The van der Waals surface area contributed by atoms with Crippen LogP contribution in [0.1, 0.15) is 52.1 Å². The predicted octanol–water partition coefficient (Wildman–Crippen LogP) is 2.62. The van der Waals surface area contributed by atoms with E-state index in [0.29, 0.717) is 24.8 Å². The van der Waals surface area contributed by atoms with E-state index in [1.807, 2.05) is 5.38 Å². The number of nitrogens with zero attached hydrogens (tertiary/aromatic N) is 3. The van der Waals surface area contributed by atoms with Crippen molar-refractivity contribution in [2.24, 2.45) is 5.92 Å². The first kappa shape index (κ1) is 21.0. The van der Waals surface area contributed by atoms with E-state index in [1.54, 1.807) is 4.90 Å². The molecule has 0 saturated carbocycles. The molecule has 3 heterocycles. The molecule has 28 heavy (non-hydrogen) atoms. The highest BCUT2D eigenvalue weighted by molar-refractivity contribution is 7.14. The van der Waals surface area contributed by atoms with Gasteiger partial charge < -0.3 is 10.6 Å². The summed E-state index contributed by atoms with van der Waals surface area (Å²) in [6, 6.07) is -0.106. The van der Waals surface area contributed by atoms with Crippen molar-refractivity contribution < 1.29 is 9.59 Å². The third-order valence-electron chi connectivity index (χ3n) is 5.86. The van der Waals surface area contributed by atoms with Crippen molar-refractivity contribution in [1.29, 1.82) is 0 Å². The second-order valence-corrected chi connectivity index (χ2v) is 9.32. The lowest BCUT2D eigenvalue weighted by atomic mass is 9.91. The molecule has 0 aromatic carbocycles. The summed E-state index contributed by atoms with van der Waals surface area (Å²) in [5, 5.41) is 8.46. The Kier molecular flexibility index (Phi) is 6.93. The van der Waals surface area contributed by atoms with Crippen LogP contribution in [0, 0.1) is 5.92 Å². The highest BCUT2D eigenvalue weighted by Gasteiger charge is 2.31. The zero-order valence-electron chi connectivity index (χ0n) is 17.3. The van der Waals surface area contributed by atoms with Gasteiger partial charge in [0.2, 0.25) is 5.91 Å². The fraction of sp³-hybridized carbons (Fsp3) is 0.750. The number of carbonyl (C=O) groups excluding carboxylic acids is 2. The van der Waals surface area contributed by atoms with Crippen LogP contribution >= 0.6 is 11.3 Å². The fourth-order valence-electron chi connectivity index (χ4n) is 3.92. The van der Waals surface area contributed by atoms with Gasteiger partial charge in [0.25, 0.3) is 0 Å². The number of carbonyl (C=O) groups is 2. The Morgan fingerprint density at radius 3 is 2.96 bits per heavy atom. The van der Waals surface area contributed by atoms with Gasteiger partial charge in [0.05, 0.1) is 12.1 Å².